The van der Waals surface area contributed by atoms with Crippen LogP contribution in [0.5, 0.6) is 5.75 Å². The van der Waals surface area contributed by atoms with Gasteiger partial charge in [0.1, 0.15) is 11.6 Å². The van der Waals surface area contributed by atoms with Crippen molar-refractivity contribution in [1.82, 2.24) is 5.32 Å². The Balaban J connectivity index is 2.23. The van der Waals surface area contributed by atoms with E-state index in [2.05, 4.69) is 28.2 Å². The maximum atomic E-state index is 13.4. The van der Waals surface area contributed by atoms with Crippen LogP contribution >= 0.6 is 15.9 Å². The second-order valence-electron chi connectivity index (χ2n) is 4.82. The van der Waals surface area contributed by atoms with Gasteiger partial charge in [0.2, 0.25) is 0 Å². The molecule has 0 aromatic heterocycles. The number of hydrogen-bond donors (Lipinski definition) is 1. The smallest absolute Gasteiger partial charge is 0.123 e. The van der Waals surface area contributed by atoms with Gasteiger partial charge in [0.25, 0.3) is 0 Å². The normalized spacial score (nSPS) is 12.2. The average Bonchev–Trinajstić information content (AvgIpc) is 2.50. The third kappa shape index (κ3) is 4.29. The fraction of sp³-hybridized carbons (Fsp3) is 0.294. The second kappa shape index (κ2) is 7.57. The van der Waals surface area contributed by atoms with Gasteiger partial charge < -0.3 is 10.1 Å². The van der Waals surface area contributed by atoms with Crippen LogP contribution in [0.1, 0.15) is 24.1 Å². The summed E-state index contributed by atoms with van der Waals surface area (Å²) in [6.07, 6.45) is 0.721. The molecule has 0 aliphatic heterocycles. The Labute approximate surface area is 133 Å². The van der Waals surface area contributed by atoms with Gasteiger partial charge in [-0.15, -0.1) is 0 Å². The van der Waals surface area contributed by atoms with E-state index >= 15 is 0 Å². The molecule has 2 rings (SSSR count). The van der Waals surface area contributed by atoms with Gasteiger partial charge in [-0.05, 0) is 54.4 Å². The highest BCUT2D eigenvalue weighted by atomic mass is 79.9. The molecule has 2 nitrogen and oxygen atoms in total. The summed E-state index contributed by atoms with van der Waals surface area (Å²) in [5.74, 6) is 0.624. The monoisotopic (exact) mass is 351 g/mol. The van der Waals surface area contributed by atoms with Crippen LogP contribution in [-0.4, -0.2) is 13.7 Å². The Morgan fingerprint density at radius 3 is 2.52 bits per heavy atom. The number of hydrogen-bond acceptors (Lipinski definition) is 2. The van der Waals surface area contributed by atoms with Gasteiger partial charge in [-0.2, -0.15) is 0 Å². The van der Waals surface area contributed by atoms with E-state index in [9.17, 15) is 4.39 Å². The maximum absolute atomic E-state index is 13.4. The summed E-state index contributed by atoms with van der Waals surface area (Å²) < 4.78 is 19.5. The van der Waals surface area contributed by atoms with Crippen LogP contribution in [0, 0.1) is 5.82 Å². The summed E-state index contributed by atoms with van der Waals surface area (Å²) in [4.78, 5) is 0. The quantitative estimate of drug-likeness (QED) is 0.827. The molecule has 0 fully saturated rings. The first kappa shape index (κ1) is 16.0. The fourth-order valence-corrected chi connectivity index (χ4v) is 2.72. The van der Waals surface area contributed by atoms with Crippen molar-refractivity contribution < 1.29 is 9.13 Å². The third-order valence-electron chi connectivity index (χ3n) is 3.40. The summed E-state index contributed by atoms with van der Waals surface area (Å²) in [6, 6.07) is 12.9. The number of methoxy groups -OCH3 is 1. The molecule has 2 aromatic rings. The maximum Gasteiger partial charge on any atom is 0.123 e. The van der Waals surface area contributed by atoms with Crippen LogP contribution in [0.25, 0.3) is 0 Å². The topological polar surface area (TPSA) is 21.3 Å². The molecular formula is C17H19BrFNO. The van der Waals surface area contributed by atoms with Crippen LogP contribution in [-0.2, 0) is 6.42 Å². The van der Waals surface area contributed by atoms with Crippen LogP contribution in [0.4, 0.5) is 4.39 Å². The third-order valence-corrected chi connectivity index (χ3v) is 4.17. The first-order valence-corrected chi connectivity index (χ1v) is 7.74. The molecule has 0 spiro atoms. The fourth-order valence-electron chi connectivity index (χ4n) is 2.31. The van der Waals surface area contributed by atoms with Gasteiger partial charge in [-0.1, -0.05) is 35.0 Å². The minimum absolute atomic E-state index is 0.138. The lowest BCUT2D eigenvalue weighted by Crippen LogP contribution is -2.23. The number of ether oxygens (including phenoxy) is 1. The van der Waals surface area contributed by atoms with E-state index in [-0.39, 0.29) is 11.9 Å². The molecule has 0 saturated heterocycles. The van der Waals surface area contributed by atoms with Gasteiger partial charge >= 0.3 is 0 Å². The number of rotatable bonds is 6. The highest BCUT2D eigenvalue weighted by Gasteiger charge is 2.13. The molecule has 1 atom stereocenters. The number of halogens is 2. The first-order chi connectivity index (χ1) is 10.1. The molecule has 1 unspecified atom stereocenters. The number of nitrogens with one attached hydrogen (secondary N) is 1. The van der Waals surface area contributed by atoms with Crippen molar-refractivity contribution in [2.45, 2.75) is 19.4 Å². The van der Waals surface area contributed by atoms with E-state index in [1.807, 2.05) is 24.3 Å². The van der Waals surface area contributed by atoms with E-state index in [0.717, 1.165) is 34.3 Å². The second-order valence-corrected chi connectivity index (χ2v) is 5.68. The van der Waals surface area contributed by atoms with Crippen molar-refractivity contribution in [3.05, 3.63) is 63.9 Å². The lowest BCUT2D eigenvalue weighted by molar-refractivity contribution is 0.414. The Kier molecular flexibility index (Phi) is 5.76. The zero-order chi connectivity index (χ0) is 15.2. The van der Waals surface area contributed by atoms with E-state index in [0.29, 0.717) is 0 Å². The summed E-state index contributed by atoms with van der Waals surface area (Å²) in [6.45, 7) is 2.92. The summed E-state index contributed by atoms with van der Waals surface area (Å²) in [5, 5.41) is 3.45. The van der Waals surface area contributed by atoms with Crippen molar-refractivity contribution >= 4 is 15.9 Å². The Morgan fingerprint density at radius 1 is 1.19 bits per heavy atom. The molecule has 0 bridgehead atoms. The highest BCUT2D eigenvalue weighted by molar-refractivity contribution is 9.10. The van der Waals surface area contributed by atoms with Gasteiger partial charge in [-0.3, -0.25) is 0 Å². The van der Waals surface area contributed by atoms with E-state index < -0.39 is 0 Å². The minimum Gasteiger partial charge on any atom is -0.497 e. The molecule has 1 N–H and O–H groups in total. The van der Waals surface area contributed by atoms with Gasteiger partial charge in [0, 0.05) is 10.5 Å². The molecule has 0 heterocycles. The van der Waals surface area contributed by atoms with E-state index in [1.54, 1.807) is 19.2 Å². The van der Waals surface area contributed by atoms with Crippen molar-refractivity contribution in [1.29, 1.82) is 0 Å². The van der Waals surface area contributed by atoms with Gasteiger partial charge in [0.15, 0.2) is 0 Å². The molecule has 0 amide bonds. The van der Waals surface area contributed by atoms with Gasteiger partial charge in [-0.25, -0.2) is 4.39 Å². The number of likely N-dealkylation sites (N-methyl/N-ethyl adjacent to an activating group) is 1. The molecular weight excluding hydrogens is 333 g/mol. The molecule has 2 aromatic carbocycles. The SMILES string of the molecule is CCNC(Cc1cc(F)ccc1Br)c1ccc(OC)cc1. The molecule has 4 heteroatoms. The van der Waals surface area contributed by atoms with Crippen LogP contribution in [0.15, 0.2) is 46.9 Å². The Hall–Kier alpha value is -1.39. The van der Waals surface area contributed by atoms with Gasteiger partial charge in [0.05, 0.1) is 7.11 Å². The molecule has 112 valence electrons. The molecule has 0 radical (unpaired) electrons. The zero-order valence-electron chi connectivity index (χ0n) is 12.2. The predicted octanol–water partition coefficient (Wildman–Crippen LogP) is 4.49. The first-order valence-electron chi connectivity index (χ1n) is 6.95. The highest BCUT2D eigenvalue weighted by Crippen LogP contribution is 2.26. The zero-order valence-corrected chi connectivity index (χ0v) is 13.8. The Morgan fingerprint density at radius 2 is 1.90 bits per heavy atom. The van der Waals surface area contributed by atoms with Crippen molar-refractivity contribution in [3.63, 3.8) is 0 Å². The molecule has 0 saturated carbocycles. The number of benzene rings is 2. The average molecular weight is 352 g/mol. The molecule has 0 aliphatic carbocycles. The van der Waals surface area contributed by atoms with E-state index in [4.69, 9.17) is 4.74 Å². The summed E-state index contributed by atoms with van der Waals surface area (Å²) >= 11 is 3.49. The van der Waals surface area contributed by atoms with Crippen molar-refractivity contribution in [3.8, 4) is 5.75 Å². The lowest BCUT2D eigenvalue weighted by Gasteiger charge is -2.19. The van der Waals surface area contributed by atoms with Crippen LogP contribution in [0.2, 0.25) is 0 Å². The van der Waals surface area contributed by atoms with Crippen molar-refractivity contribution in [2.75, 3.05) is 13.7 Å². The van der Waals surface area contributed by atoms with E-state index in [1.165, 1.54) is 6.07 Å². The van der Waals surface area contributed by atoms with Crippen LogP contribution in [0.3, 0.4) is 0 Å². The van der Waals surface area contributed by atoms with Crippen molar-refractivity contribution in [2.24, 2.45) is 0 Å². The standard InChI is InChI=1S/C17H19BrFNO/c1-3-20-17(12-4-7-15(21-2)8-5-12)11-13-10-14(19)6-9-16(13)18/h4-10,17,20H,3,11H2,1-2H3. The predicted molar refractivity (Wildman–Crippen MR) is 87.2 cm³/mol. The van der Waals surface area contributed by atoms with Crippen LogP contribution < -0.4 is 10.1 Å². The summed E-state index contributed by atoms with van der Waals surface area (Å²) in [7, 11) is 1.65. The molecule has 21 heavy (non-hydrogen) atoms. The lowest BCUT2D eigenvalue weighted by atomic mass is 9.98. The summed E-state index contributed by atoms with van der Waals surface area (Å²) in [5.41, 5.74) is 2.12. The minimum atomic E-state index is -0.210. The largest absolute Gasteiger partial charge is 0.497 e. The Bertz CT molecular complexity index is 586. The molecule has 0 aliphatic rings.